The number of hydrogen-bond acceptors (Lipinski definition) is 5. The number of hydrogen-bond donors (Lipinski definition) is 1. The van der Waals surface area contributed by atoms with Gasteiger partial charge in [-0.3, -0.25) is 19.1 Å². The number of ketones is 1. The molecule has 1 aromatic carbocycles. The Kier molecular flexibility index (Phi) is 4.93. The van der Waals surface area contributed by atoms with E-state index in [9.17, 15) is 14.4 Å². The lowest BCUT2D eigenvalue weighted by atomic mass is 9.86. The van der Waals surface area contributed by atoms with Crippen molar-refractivity contribution in [3.63, 3.8) is 0 Å². The molecule has 4 rings (SSSR count). The smallest absolute Gasteiger partial charge is 0.287 e. The van der Waals surface area contributed by atoms with E-state index in [1.165, 1.54) is 6.33 Å². The summed E-state index contributed by atoms with van der Waals surface area (Å²) in [6.07, 6.45) is 3.69. The highest BCUT2D eigenvalue weighted by Crippen LogP contribution is 2.30. The third-order valence-electron chi connectivity index (χ3n) is 5.44. The Morgan fingerprint density at radius 2 is 1.96 bits per heavy atom. The van der Waals surface area contributed by atoms with E-state index in [2.05, 4.69) is 15.4 Å². The van der Waals surface area contributed by atoms with Gasteiger partial charge in [-0.2, -0.15) is 5.10 Å². The Labute approximate surface area is 162 Å². The second kappa shape index (κ2) is 7.53. The van der Waals surface area contributed by atoms with Crippen LogP contribution in [0.25, 0.3) is 0 Å². The quantitative estimate of drug-likeness (QED) is 0.704. The lowest BCUT2D eigenvalue weighted by Crippen LogP contribution is -2.39. The van der Waals surface area contributed by atoms with Crippen molar-refractivity contribution in [3.8, 4) is 0 Å². The highest BCUT2D eigenvalue weighted by molar-refractivity contribution is 6.37. The molecule has 0 bridgehead atoms. The zero-order valence-electron chi connectivity index (χ0n) is 15.7. The summed E-state index contributed by atoms with van der Waals surface area (Å²) in [4.78, 5) is 44.1. The molecule has 2 aromatic rings. The number of benzene rings is 1. The van der Waals surface area contributed by atoms with E-state index in [1.54, 1.807) is 16.6 Å². The number of aromatic nitrogens is 3. The van der Waals surface area contributed by atoms with Gasteiger partial charge in [-0.15, -0.1) is 0 Å². The Morgan fingerprint density at radius 1 is 1.21 bits per heavy atom. The number of nitrogens with zero attached hydrogens (tertiary/aromatic N) is 4. The standard InChI is InChI=1S/C20H23N5O3/c1-24-17(21-12-22-24)11-25-10-16(18(26)19(27)23-14-7-8-14)15(20(25)28)9-13-5-3-2-4-6-13/h2-6,12,14-16H,7-11H2,1H3,(H,23,27). The van der Waals surface area contributed by atoms with Crippen LogP contribution < -0.4 is 5.32 Å². The van der Waals surface area contributed by atoms with Gasteiger partial charge in [0.05, 0.1) is 18.4 Å². The van der Waals surface area contributed by atoms with Crippen molar-refractivity contribution in [1.29, 1.82) is 0 Å². The summed E-state index contributed by atoms with van der Waals surface area (Å²) in [5.41, 5.74) is 0.974. The van der Waals surface area contributed by atoms with E-state index in [0.29, 0.717) is 12.2 Å². The summed E-state index contributed by atoms with van der Waals surface area (Å²) in [6, 6.07) is 9.70. The van der Waals surface area contributed by atoms with Crippen LogP contribution in [0.2, 0.25) is 0 Å². The Balaban J connectivity index is 1.55. The molecule has 2 fully saturated rings. The molecule has 2 heterocycles. The van der Waals surface area contributed by atoms with Crippen LogP contribution in [-0.2, 0) is 34.4 Å². The van der Waals surface area contributed by atoms with Gasteiger partial charge in [0, 0.05) is 19.6 Å². The molecule has 8 nitrogen and oxygen atoms in total. The molecule has 28 heavy (non-hydrogen) atoms. The normalized spacial score (nSPS) is 21.8. The summed E-state index contributed by atoms with van der Waals surface area (Å²) in [6.45, 7) is 0.495. The van der Waals surface area contributed by atoms with Gasteiger partial charge in [0.25, 0.3) is 5.91 Å². The third-order valence-corrected chi connectivity index (χ3v) is 5.44. The monoisotopic (exact) mass is 381 g/mol. The number of amides is 2. The van der Waals surface area contributed by atoms with Crippen molar-refractivity contribution in [2.45, 2.75) is 31.8 Å². The minimum Gasteiger partial charge on any atom is -0.347 e. The molecule has 2 unspecified atom stereocenters. The first kappa shape index (κ1) is 18.3. The highest BCUT2D eigenvalue weighted by atomic mass is 16.2. The highest BCUT2D eigenvalue weighted by Gasteiger charge is 2.46. The maximum Gasteiger partial charge on any atom is 0.287 e. The van der Waals surface area contributed by atoms with Gasteiger partial charge >= 0.3 is 0 Å². The minimum atomic E-state index is -0.653. The third kappa shape index (κ3) is 3.81. The number of carbonyl (C=O) groups is 3. The van der Waals surface area contributed by atoms with E-state index >= 15 is 0 Å². The molecule has 1 N–H and O–H groups in total. The molecule has 1 saturated carbocycles. The largest absolute Gasteiger partial charge is 0.347 e. The van der Waals surface area contributed by atoms with Gasteiger partial charge in [-0.25, -0.2) is 4.98 Å². The molecule has 0 radical (unpaired) electrons. The average molecular weight is 381 g/mol. The van der Waals surface area contributed by atoms with Gasteiger partial charge < -0.3 is 10.2 Å². The van der Waals surface area contributed by atoms with Crippen LogP contribution in [0.4, 0.5) is 0 Å². The number of carbonyl (C=O) groups excluding carboxylic acids is 3. The van der Waals surface area contributed by atoms with Crippen molar-refractivity contribution in [2.24, 2.45) is 18.9 Å². The molecular formula is C20H23N5O3. The summed E-state index contributed by atoms with van der Waals surface area (Å²) in [5, 5.41) is 6.78. The first-order valence-corrected chi connectivity index (χ1v) is 9.53. The number of Topliss-reactive ketones (excluding diaryl/α,β-unsaturated/α-hetero) is 1. The zero-order chi connectivity index (χ0) is 19.7. The van der Waals surface area contributed by atoms with Gasteiger partial charge in [-0.05, 0) is 24.8 Å². The second-order valence-corrected chi connectivity index (χ2v) is 7.53. The van der Waals surface area contributed by atoms with Crippen LogP contribution >= 0.6 is 0 Å². The maximum atomic E-state index is 13.1. The van der Waals surface area contributed by atoms with Crippen molar-refractivity contribution >= 4 is 17.6 Å². The fourth-order valence-electron chi connectivity index (χ4n) is 3.65. The van der Waals surface area contributed by atoms with Crippen molar-refractivity contribution in [1.82, 2.24) is 25.0 Å². The van der Waals surface area contributed by atoms with Crippen molar-refractivity contribution in [2.75, 3.05) is 6.54 Å². The molecule has 1 aliphatic carbocycles. The second-order valence-electron chi connectivity index (χ2n) is 7.53. The fourth-order valence-corrected chi connectivity index (χ4v) is 3.65. The van der Waals surface area contributed by atoms with Crippen LogP contribution in [0.3, 0.4) is 0 Å². The van der Waals surface area contributed by atoms with E-state index in [1.807, 2.05) is 30.3 Å². The Bertz CT molecular complexity index is 890. The van der Waals surface area contributed by atoms with Crippen LogP contribution in [0, 0.1) is 11.8 Å². The van der Waals surface area contributed by atoms with Crippen LogP contribution in [0.15, 0.2) is 36.7 Å². The molecule has 2 atom stereocenters. The summed E-state index contributed by atoms with van der Waals surface area (Å²) in [7, 11) is 1.76. The summed E-state index contributed by atoms with van der Waals surface area (Å²) >= 11 is 0. The van der Waals surface area contributed by atoms with E-state index in [0.717, 1.165) is 18.4 Å². The van der Waals surface area contributed by atoms with E-state index in [-0.39, 0.29) is 25.0 Å². The fraction of sp³-hybridized carbons (Fsp3) is 0.450. The van der Waals surface area contributed by atoms with Crippen LogP contribution in [0.1, 0.15) is 24.2 Å². The topological polar surface area (TPSA) is 97.2 Å². The molecule has 8 heteroatoms. The van der Waals surface area contributed by atoms with Crippen LogP contribution in [0.5, 0.6) is 0 Å². The molecule has 1 aliphatic heterocycles. The van der Waals surface area contributed by atoms with Crippen molar-refractivity contribution < 1.29 is 14.4 Å². The number of rotatable bonds is 7. The molecular weight excluding hydrogens is 358 g/mol. The first-order chi connectivity index (χ1) is 13.5. The molecule has 2 aliphatic rings. The van der Waals surface area contributed by atoms with Gasteiger partial charge in [-0.1, -0.05) is 30.3 Å². The molecule has 146 valence electrons. The molecule has 1 aromatic heterocycles. The Hall–Kier alpha value is -3.03. The lowest BCUT2D eigenvalue weighted by Gasteiger charge is -2.16. The van der Waals surface area contributed by atoms with E-state index < -0.39 is 23.5 Å². The SMILES string of the molecule is Cn1ncnc1CN1CC(C(=O)C(=O)NC2CC2)C(Cc2ccccc2)C1=O. The number of aryl methyl sites for hydroxylation is 1. The average Bonchev–Trinajstić information content (AvgIpc) is 3.35. The van der Waals surface area contributed by atoms with Crippen LogP contribution in [-0.4, -0.2) is 49.8 Å². The zero-order valence-corrected chi connectivity index (χ0v) is 15.7. The van der Waals surface area contributed by atoms with Gasteiger partial charge in [0.2, 0.25) is 11.7 Å². The minimum absolute atomic E-state index is 0.107. The predicted octanol–water partition coefficient (Wildman–Crippen LogP) is 0.480. The number of likely N-dealkylation sites (tertiary alicyclic amines) is 1. The molecule has 1 saturated heterocycles. The summed E-state index contributed by atoms with van der Waals surface area (Å²) < 4.78 is 1.61. The molecule has 2 amide bonds. The van der Waals surface area contributed by atoms with E-state index in [4.69, 9.17) is 0 Å². The first-order valence-electron chi connectivity index (χ1n) is 9.53. The van der Waals surface area contributed by atoms with Crippen molar-refractivity contribution in [3.05, 3.63) is 48.0 Å². The Morgan fingerprint density at radius 3 is 2.61 bits per heavy atom. The predicted molar refractivity (Wildman–Crippen MR) is 99.7 cm³/mol. The van der Waals surface area contributed by atoms with Gasteiger partial charge in [0.1, 0.15) is 12.2 Å². The van der Waals surface area contributed by atoms with Gasteiger partial charge in [0.15, 0.2) is 0 Å². The lowest BCUT2D eigenvalue weighted by molar-refractivity contribution is -0.141. The summed E-state index contributed by atoms with van der Waals surface area (Å²) in [5.74, 6) is -1.75. The number of nitrogens with one attached hydrogen (secondary N) is 1. The molecule has 0 spiro atoms. The maximum absolute atomic E-state index is 13.1.